The van der Waals surface area contributed by atoms with Gasteiger partial charge in [-0.3, -0.25) is 4.79 Å². The molecule has 0 aromatic heterocycles. The molecule has 1 rings (SSSR count). The number of benzene rings is 1. The van der Waals surface area contributed by atoms with E-state index in [9.17, 15) is 18.0 Å². The van der Waals surface area contributed by atoms with Crippen LogP contribution >= 0.6 is 0 Å². The van der Waals surface area contributed by atoms with Crippen molar-refractivity contribution in [3.05, 3.63) is 29.6 Å². The van der Waals surface area contributed by atoms with E-state index in [1.165, 1.54) is 7.11 Å². The van der Waals surface area contributed by atoms with Gasteiger partial charge in [-0.15, -0.1) is 0 Å². The van der Waals surface area contributed by atoms with Crippen LogP contribution in [0, 0.1) is 17.5 Å². The van der Waals surface area contributed by atoms with Crippen molar-refractivity contribution in [2.75, 3.05) is 19.0 Å². The van der Waals surface area contributed by atoms with Crippen molar-refractivity contribution in [1.29, 1.82) is 0 Å². The Hall–Kier alpha value is -1.56. The summed E-state index contributed by atoms with van der Waals surface area (Å²) in [6.07, 6.45) is 0.00886. The zero-order chi connectivity index (χ0) is 12.1. The summed E-state index contributed by atoms with van der Waals surface area (Å²) in [5.41, 5.74) is -0.389. The van der Waals surface area contributed by atoms with E-state index in [-0.39, 0.29) is 18.7 Å². The van der Waals surface area contributed by atoms with Gasteiger partial charge in [0.15, 0.2) is 17.5 Å². The van der Waals surface area contributed by atoms with E-state index in [1.54, 1.807) is 0 Å². The van der Waals surface area contributed by atoms with Crippen LogP contribution in [-0.2, 0) is 9.53 Å². The van der Waals surface area contributed by atoms with Crippen molar-refractivity contribution in [2.45, 2.75) is 6.42 Å². The van der Waals surface area contributed by atoms with Crippen LogP contribution in [0.2, 0.25) is 0 Å². The number of hydrogen-bond donors (Lipinski definition) is 1. The van der Waals surface area contributed by atoms with Gasteiger partial charge in [-0.2, -0.15) is 0 Å². The van der Waals surface area contributed by atoms with Gasteiger partial charge in [0.1, 0.15) is 0 Å². The molecular formula is C10H10F3NO2. The Bertz CT molecular complexity index is 396. The highest BCUT2D eigenvalue weighted by Gasteiger charge is 2.14. The first-order chi connectivity index (χ1) is 7.56. The second kappa shape index (κ2) is 5.50. The number of nitrogens with one attached hydrogen (secondary N) is 1. The minimum Gasteiger partial charge on any atom is -0.384 e. The highest BCUT2D eigenvalue weighted by molar-refractivity contribution is 5.90. The van der Waals surface area contributed by atoms with Crippen molar-refractivity contribution < 1.29 is 22.7 Å². The zero-order valence-electron chi connectivity index (χ0n) is 8.52. The number of hydrogen-bond acceptors (Lipinski definition) is 2. The Morgan fingerprint density at radius 1 is 1.31 bits per heavy atom. The Labute approximate surface area is 90.2 Å². The molecule has 1 amide bonds. The van der Waals surface area contributed by atoms with E-state index in [2.05, 4.69) is 10.1 Å². The maximum atomic E-state index is 13.1. The Balaban J connectivity index is 2.74. The number of carbonyl (C=O) groups excluding carboxylic acids is 1. The van der Waals surface area contributed by atoms with Gasteiger partial charge in [0, 0.05) is 7.11 Å². The summed E-state index contributed by atoms with van der Waals surface area (Å²) < 4.78 is 43.0. The molecule has 1 N–H and O–H groups in total. The van der Waals surface area contributed by atoms with E-state index in [0.717, 1.165) is 12.1 Å². The zero-order valence-corrected chi connectivity index (χ0v) is 8.52. The minimum atomic E-state index is -1.61. The van der Waals surface area contributed by atoms with Gasteiger partial charge in [0.05, 0.1) is 18.7 Å². The molecule has 0 spiro atoms. The molecule has 0 aliphatic heterocycles. The Morgan fingerprint density at radius 3 is 2.62 bits per heavy atom. The van der Waals surface area contributed by atoms with Gasteiger partial charge in [0.25, 0.3) is 0 Å². The lowest BCUT2D eigenvalue weighted by atomic mass is 10.2. The molecule has 0 unspecified atom stereocenters. The average Bonchev–Trinajstić information content (AvgIpc) is 2.27. The summed E-state index contributed by atoms with van der Waals surface area (Å²) in [5, 5.41) is 2.11. The predicted molar refractivity (Wildman–Crippen MR) is 51.4 cm³/mol. The number of anilines is 1. The van der Waals surface area contributed by atoms with Crippen LogP contribution in [0.4, 0.5) is 18.9 Å². The Kier molecular flexibility index (Phi) is 4.30. The lowest BCUT2D eigenvalue weighted by Crippen LogP contribution is -2.15. The van der Waals surface area contributed by atoms with Crippen LogP contribution in [0.1, 0.15) is 6.42 Å². The highest BCUT2D eigenvalue weighted by Crippen LogP contribution is 2.19. The Morgan fingerprint density at radius 2 is 2.00 bits per heavy atom. The largest absolute Gasteiger partial charge is 0.384 e. The normalized spacial score (nSPS) is 10.2. The van der Waals surface area contributed by atoms with Gasteiger partial charge in [-0.25, -0.2) is 13.2 Å². The van der Waals surface area contributed by atoms with Gasteiger partial charge in [0.2, 0.25) is 5.91 Å². The first-order valence-electron chi connectivity index (χ1n) is 4.48. The molecule has 0 saturated carbocycles. The lowest BCUT2D eigenvalue weighted by molar-refractivity contribution is -0.117. The molecule has 0 bridgehead atoms. The van der Waals surface area contributed by atoms with Crippen molar-refractivity contribution in [2.24, 2.45) is 0 Å². The monoisotopic (exact) mass is 233 g/mol. The van der Waals surface area contributed by atoms with Gasteiger partial charge in [-0.1, -0.05) is 0 Å². The molecule has 0 saturated heterocycles. The fraction of sp³-hybridized carbons (Fsp3) is 0.300. The molecule has 6 heteroatoms. The van der Waals surface area contributed by atoms with Crippen molar-refractivity contribution in [3.63, 3.8) is 0 Å². The molecule has 1 aromatic rings. The summed E-state index contributed by atoms with van der Waals surface area (Å²) in [6.45, 7) is 0.164. The first kappa shape index (κ1) is 12.5. The van der Waals surface area contributed by atoms with Crippen LogP contribution in [0.5, 0.6) is 0 Å². The molecule has 0 aliphatic carbocycles. The minimum absolute atomic E-state index is 0.00886. The second-order valence-electron chi connectivity index (χ2n) is 3.01. The third-order valence-corrected chi connectivity index (χ3v) is 1.84. The quantitative estimate of drug-likeness (QED) is 0.808. The van der Waals surface area contributed by atoms with E-state index in [0.29, 0.717) is 0 Å². The van der Waals surface area contributed by atoms with Gasteiger partial charge >= 0.3 is 0 Å². The van der Waals surface area contributed by atoms with Gasteiger partial charge in [-0.05, 0) is 12.1 Å². The van der Waals surface area contributed by atoms with E-state index < -0.39 is 23.4 Å². The van der Waals surface area contributed by atoms with E-state index in [4.69, 9.17) is 0 Å². The summed E-state index contributed by atoms with van der Waals surface area (Å²) >= 11 is 0. The van der Waals surface area contributed by atoms with Crippen LogP contribution < -0.4 is 5.32 Å². The molecular weight excluding hydrogens is 223 g/mol. The number of ether oxygens (including phenoxy) is 1. The topological polar surface area (TPSA) is 38.3 Å². The molecule has 0 fully saturated rings. The maximum absolute atomic E-state index is 13.1. The van der Waals surface area contributed by atoms with E-state index in [1.807, 2.05) is 0 Å². The fourth-order valence-corrected chi connectivity index (χ4v) is 1.03. The van der Waals surface area contributed by atoms with Crippen LogP contribution in [0.3, 0.4) is 0 Å². The molecule has 0 heterocycles. The number of halogens is 3. The molecule has 88 valence electrons. The number of amides is 1. The average molecular weight is 233 g/mol. The molecule has 0 radical (unpaired) electrons. The van der Waals surface area contributed by atoms with Crippen LogP contribution in [0.15, 0.2) is 12.1 Å². The van der Waals surface area contributed by atoms with Crippen molar-refractivity contribution in [3.8, 4) is 0 Å². The number of methoxy groups -OCH3 is 1. The molecule has 16 heavy (non-hydrogen) atoms. The van der Waals surface area contributed by atoms with E-state index >= 15 is 0 Å². The molecule has 3 nitrogen and oxygen atoms in total. The molecule has 1 aromatic carbocycles. The number of carbonyl (C=O) groups is 1. The maximum Gasteiger partial charge on any atom is 0.226 e. The predicted octanol–water partition coefficient (Wildman–Crippen LogP) is 2.08. The van der Waals surface area contributed by atoms with Crippen molar-refractivity contribution in [1.82, 2.24) is 0 Å². The highest BCUT2D eigenvalue weighted by atomic mass is 19.2. The second-order valence-corrected chi connectivity index (χ2v) is 3.01. The number of rotatable bonds is 4. The molecule has 0 atom stereocenters. The molecule has 0 aliphatic rings. The fourth-order valence-electron chi connectivity index (χ4n) is 1.03. The smallest absolute Gasteiger partial charge is 0.226 e. The summed E-state index contributed by atoms with van der Waals surface area (Å²) in [5.74, 6) is -4.85. The third kappa shape index (κ3) is 2.96. The van der Waals surface area contributed by atoms with Crippen molar-refractivity contribution >= 4 is 11.6 Å². The van der Waals surface area contributed by atoms with Crippen LogP contribution in [-0.4, -0.2) is 19.6 Å². The SMILES string of the molecule is COCCC(=O)Nc1ccc(F)c(F)c1F. The third-order valence-electron chi connectivity index (χ3n) is 1.84. The summed E-state index contributed by atoms with van der Waals surface area (Å²) in [7, 11) is 1.41. The summed E-state index contributed by atoms with van der Waals surface area (Å²) in [6, 6.07) is 1.70. The van der Waals surface area contributed by atoms with Gasteiger partial charge < -0.3 is 10.1 Å². The first-order valence-corrected chi connectivity index (χ1v) is 4.48. The standard InChI is InChI=1S/C10H10F3NO2/c1-16-5-4-8(15)14-7-3-2-6(11)9(12)10(7)13/h2-3H,4-5H2,1H3,(H,14,15). The lowest BCUT2D eigenvalue weighted by Gasteiger charge is -2.06. The van der Waals surface area contributed by atoms with Crippen LogP contribution in [0.25, 0.3) is 0 Å². The summed E-state index contributed by atoms with van der Waals surface area (Å²) in [4.78, 5) is 11.1.